The third-order valence-corrected chi connectivity index (χ3v) is 4.15. The molecule has 4 atom stereocenters. The Labute approximate surface area is 102 Å². The van der Waals surface area contributed by atoms with Crippen LogP contribution in [0.1, 0.15) is 44.9 Å². The SMILES string of the molecule is CC1CCC(C(O)c2ncccc2F)CC1C. The molecule has 17 heavy (non-hydrogen) atoms. The monoisotopic (exact) mass is 237 g/mol. The maximum atomic E-state index is 13.5. The van der Waals surface area contributed by atoms with Gasteiger partial charge in [0.05, 0.1) is 0 Å². The van der Waals surface area contributed by atoms with Crippen LogP contribution in [0, 0.1) is 23.6 Å². The van der Waals surface area contributed by atoms with Crippen LogP contribution in [0.3, 0.4) is 0 Å². The summed E-state index contributed by atoms with van der Waals surface area (Å²) in [5, 5.41) is 10.2. The lowest BCUT2D eigenvalue weighted by molar-refractivity contribution is 0.0504. The molecule has 1 aliphatic rings. The minimum Gasteiger partial charge on any atom is -0.386 e. The second kappa shape index (κ2) is 5.13. The predicted octanol–water partition coefficient (Wildman–Crippen LogP) is 3.33. The quantitative estimate of drug-likeness (QED) is 0.856. The van der Waals surface area contributed by atoms with Crippen LogP contribution in [0.15, 0.2) is 18.3 Å². The molecule has 1 aromatic heterocycles. The van der Waals surface area contributed by atoms with E-state index in [9.17, 15) is 9.50 Å². The van der Waals surface area contributed by atoms with Crippen molar-refractivity contribution in [3.05, 3.63) is 29.8 Å². The van der Waals surface area contributed by atoms with Gasteiger partial charge in [-0.3, -0.25) is 4.98 Å². The number of rotatable bonds is 2. The van der Waals surface area contributed by atoms with Gasteiger partial charge >= 0.3 is 0 Å². The van der Waals surface area contributed by atoms with E-state index in [0.29, 0.717) is 11.8 Å². The van der Waals surface area contributed by atoms with Crippen molar-refractivity contribution in [1.82, 2.24) is 4.98 Å². The minimum atomic E-state index is -0.758. The van der Waals surface area contributed by atoms with Crippen LogP contribution in [0.5, 0.6) is 0 Å². The van der Waals surface area contributed by atoms with E-state index in [0.717, 1.165) is 19.3 Å². The second-order valence-electron chi connectivity index (χ2n) is 5.34. The molecule has 1 fully saturated rings. The Morgan fingerprint density at radius 3 is 2.76 bits per heavy atom. The molecule has 0 bridgehead atoms. The Balaban J connectivity index is 2.10. The van der Waals surface area contributed by atoms with Crippen molar-refractivity contribution >= 4 is 0 Å². The molecular formula is C14H20FNO. The maximum Gasteiger partial charge on any atom is 0.147 e. The van der Waals surface area contributed by atoms with E-state index in [2.05, 4.69) is 18.8 Å². The molecule has 1 N–H and O–H groups in total. The summed E-state index contributed by atoms with van der Waals surface area (Å²) in [5.41, 5.74) is 0.208. The Morgan fingerprint density at radius 1 is 1.35 bits per heavy atom. The summed E-state index contributed by atoms with van der Waals surface area (Å²) in [6, 6.07) is 2.91. The highest BCUT2D eigenvalue weighted by atomic mass is 19.1. The lowest BCUT2D eigenvalue weighted by Crippen LogP contribution is -2.26. The Bertz CT molecular complexity index is 382. The fraction of sp³-hybridized carbons (Fsp3) is 0.643. The van der Waals surface area contributed by atoms with E-state index in [4.69, 9.17) is 0 Å². The van der Waals surface area contributed by atoms with Gasteiger partial charge in [0.2, 0.25) is 0 Å². The summed E-state index contributed by atoms with van der Waals surface area (Å²) in [7, 11) is 0. The first kappa shape index (κ1) is 12.5. The summed E-state index contributed by atoms with van der Waals surface area (Å²) in [4.78, 5) is 3.97. The fourth-order valence-electron chi connectivity index (χ4n) is 2.71. The Kier molecular flexibility index (Phi) is 3.77. The number of aromatic nitrogens is 1. The highest BCUT2D eigenvalue weighted by molar-refractivity contribution is 5.11. The average Bonchev–Trinajstić information content (AvgIpc) is 2.32. The van der Waals surface area contributed by atoms with Gasteiger partial charge in [0, 0.05) is 6.20 Å². The number of pyridine rings is 1. The molecule has 94 valence electrons. The molecule has 1 heterocycles. The minimum absolute atomic E-state index is 0.144. The third-order valence-electron chi connectivity index (χ3n) is 4.15. The Morgan fingerprint density at radius 2 is 2.12 bits per heavy atom. The lowest BCUT2D eigenvalue weighted by atomic mass is 9.73. The molecule has 4 unspecified atom stereocenters. The summed E-state index contributed by atoms with van der Waals surface area (Å²) in [6.45, 7) is 4.45. The zero-order valence-electron chi connectivity index (χ0n) is 10.4. The predicted molar refractivity (Wildman–Crippen MR) is 64.8 cm³/mol. The van der Waals surface area contributed by atoms with Crippen molar-refractivity contribution in [3.8, 4) is 0 Å². The van der Waals surface area contributed by atoms with E-state index < -0.39 is 11.9 Å². The second-order valence-corrected chi connectivity index (χ2v) is 5.34. The molecule has 1 aromatic rings. The highest BCUT2D eigenvalue weighted by Crippen LogP contribution is 2.39. The largest absolute Gasteiger partial charge is 0.386 e. The summed E-state index contributed by atoms with van der Waals surface area (Å²) in [6.07, 6.45) is 3.81. The van der Waals surface area contributed by atoms with Crippen molar-refractivity contribution in [1.29, 1.82) is 0 Å². The first-order valence-electron chi connectivity index (χ1n) is 6.38. The van der Waals surface area contributed by atoms with Gasteiger partial charge in [-0.1, -0.05) is 20.3 Å². The molecule has 0 spiro atoms. The smallest absolute Gasteiger partial charge is 0.147 e. The van der Waals surface area contributed by atoms with Gasteiger partial charge in [-0.05, 0) is 42.7 Å². The fourth-order valence-corrected chi connectivity index (χ4v) is 2.71. The van der Waals surface area contributed by atoms with Gasteiger partial charge in [-0.2, -0.15) is 0 Å². The number of aliphatic hydroxyl groups excluding tert-OH is 1. The molecule has 0 saturated heterocycles. The summed E-state index contributed by atoms with van der Waals surface area (Å²) < 4.78 is 13.5. The normalized spacial score (nSPS) is 31.2. The van der Waals surface area contributed by atoms with Crippen LogP contribution in [-0.2, 0) is 0 Å². The van der Waals surface area contributed by atoms with Gasteiger partial charge in [0.15, 0.2) is 0 Å². The van der Waals surface area contributed by atoms with E-state index in [-0.39, 0.29) is 11.6 Å². The van der Waals surface area contributed by atoms with Gasteiger partial charge in [-0.15, -0.1) is 0 Å². The van der Waals surface area contributed by atoms with E-state index in [1.165, 1.54) is 12.3 Å². The van der Waals surface area contributed by atoms with E-state index in [1.54, 1.807) is 6.07 Å². The van der Waals surface area contributed by atoms with Gasteiger partial charge in [-0.25, -0.2) is 4.39 Å². The highest BCUT2D eigenvalue weighted by Gasteiger charge is 2.31. The van der Waals surface area contributed by atoms with Crippen LogP contribution in [-0.4, -0.2) is 10.1 Å². The van der Waals surface area contributed by atoms with Gasteiger partial charge in [0.1, 0.15) is 17.6 Å². The number of hydrogen-bond donors (Lipinski definition) is 1. The van der Waals surface area contributed by atoms with Gasteiger partial charge in [0.25, 0.3) is 0 Å². The van der Waals surface area contributed by atoms with Gasteiger partial charge < -0.3 is 5.11 Å². The molecule has 1 aliphatic carbocycles. The standard InChI is InChI=1S/C14H20FNO/c1-9-5-6-11(8-10(9)2)14(17)13-12(15)4-3-7-16-13/h3-4,7,9-11,14,17H,5-6,8H2,1-2H3. The molecule has 0 aromatic carbocycles. The maximum absolute atomic E-state index is 13.5. The molecule has 0 radical (unpaired) electrons. The van der Waals surface area contributed by atoms with Crippen molar-refractivity contribution in [2.45, 2.75) is 39.2 Å². The molecule has 2 nitrogen and oxygen atoms in total. The van der Waals surface area contributed by atoms with Crippen LogP contribution in [0.4, 0.5) is 4.39 Å². The van der Waals surface area contributed by atoms with Crippen LogP contribution < -0.4 is 0 Å². The van der Waals surface area contributed by atoms with E-state index in [1.807, 2.05) is 0 Å². The molecule has 0 aliphatic heterocycles. The first-order chi connectivity index (χ1) is 8.09. The van der Waals surface area contributed by atoms with Crippen LogP contribution in [0.25, 0.3) is 0 Å². The van der Waals surface area contributed by atoms with Crippen molar-refractivity contribution < 1.29 is 9.50 Å². The average molecular weight is 237 g/mol. The number of hydrogen-bond acceptors (Lipinski definition) is 2. The first-order valence-corrected chi connectivity index (χ1v) is 6.38. The molecule has 2 rings (SSSR count). The molecular weight excluding hydrogens is 217 g/mol. The summed E-state index contributed by atoms with van der Waals surface area (Å²) in [5.74, 6) is 1.04. The molecule has 0 amide bonds. The van der Waals surface area contributed by atoms with E-state index >= 15 is 0 Å². The molecule has 1 saturated carbocycles. The number of nitrogens with zero attached hydrogens (tertiary/aromatic N) is 1. The zero-order valence-corrected chi connectivity index (χ0v) is 10.4. The van der Waals surface area contributed by atoms with Crippen LogP contribution in [0.2, 0.25) is 0 Å². The van der Waals surface area contributed by atoms with Crippen LogP contribution >= 0.6 is 0 Å². The van der Waals surface area contributed by atoms with Crippen molar-refractivity contribution in [3.63, 3.8) is 0 Å². The summed E-state index contributed by atoms with van der Waals surface area (Å²) >= 11 is 0. The van der Waals surface area contributed by atoms with Crippen molar-refractivity contribution in [2.24, 2.45) is 17.8 Å². The number of halogens is 1. The lowest BCUT2D eigenvalue weighted by Gasteiger charge is -2.34. The van der Waals surface area contributed by atoms with Crippen molar-refractivity contribution in [2.75, 3.05) is 0 Å². The molecule has 3 heteroatoms. The topological polar surface area (TPSA) is 33.1 Å². The number of aliphatic hydroxyl groups is 1. The zero-order chi connectivity index (χ0) is 12.4. The Hall–Kier alpha value is -0.960. The third kappa shape index (κ3) is 2.65.